The molecular weight excluding hydrogens is 552 g/mol. The highest BCUT2D eigenvalue weighted by atomic mass is 32.1. The van der Waals surface area contributed by atoms with Gasteiger partial charge in [-0.2, -0.15) is 9.97 Å². The smallest absolute Gasteiger partial charge is 0.263 e. The molecule has 1 fully saturated rings. The molecule has 2 aliphatic rings. The minimum Gasteiger partial charge on any atom is -0.495 e. The Morgan fingerprint density at radius 3 is 2.67 bits per heavy atom. The molecule has 3 aromatic heterocycles. The molecule has 1 aromatic carbocycles. The fraction of sp³-hybridized carbons (Fsp3) is 0.400. The van der Waals surface area contributed by atoms with Gasteiger partial charge in [-0.25, -0.2) is 0 Å². The number of H-pyrrole nitrogens is 1. The highest BCUT2D eigenvalue weighted by Gasteiger charge is 2.35. The van der Waals surface area contributed by atoms with Gasteiger partial charge in [0.05, 0.1) is 30.4 Å². The lowest BCUT2D eigenvalue weighted by molar-refractivity contribution is -0.119. The van der Waals surface area contributed by atoms with Crippen LogP contribution in [0.3, 0.4) is 0 Å². The Labute approximate surface area is 248 Å². The Morgan fingerprint density at radius 1 is 1.10 bits per heavy atom. The number of fused-ring (bicyclic) bond motifs is 2. The maximum Gasteiger partial charge on any atom is 0.263 e. The van der Waals surface area contributed by atoms with Crippen molar-refractivity contribution < 1.29 is 14.3 Å². The Kier molecular flexibility index (Phi) is 7.50. The summed E-state index contributed by atoms with van der Waals surface area (Å²) in [6.45, 7) is 7.44. The number of likely N-dealkylation sites (tertiary alicyclic amines) is 1. The zero-order valence-electron chi connectivity index (χ0n) is 24.3. The number of rotatable bonds is 8. The van der Waals surface area contributed by atoms with Gasteiger partial charge in [-0.3, -0.25) is 14.5 Å². The Morgan fingerprint density at radius 2 is 1.90 bits per heavy atom. The average Bonchev–Trinajstić information content (AvgIpc) is 3.75. The molecule has 5 heterocycles. The first kappa shape index (κ1) is 28.0. The topological polar surface area (TPSA) is 128 Å². The maximum absolute atomic E-state index is 13.5. The van der Waals surface area contributed by atoms with Crippen molar-refractivity contribution in [2.24, 2.45) is 0 Å². The van der Waals surface area contributed by atoms with Crippen LogP contribution in [-0.2, 0) is 10.2 Å². The van der Waals surface area contributed by atoms with E-state index in [4.69, 9.17) is 14.7 Å². The molecule has 0 aliphatic carbocycles. The van der Waals surface area contributed by atoms with Gasteiger partial charge in [-0.15, -0.1) is 11.3 Å². The molecule has 0 radical (unpaired) electrons. The summed E-state index contributed by atoms with van der Waals surface area (Å²) in [5.74, 6) is 1.47. The van der Waals surface area contributed by atoms with Crippen LogP contribution in [0.4, 0.5) is 28.8 Å². The van der Waals surface area contributed by atoms with Crippen molar-refractivity contribution in [2.45, 2.75) is 38.5 Å². The van der Waals surface area contributed by atoms with Crippen molar-refractivity contribution in [1.29, 1.82) is 0 Å². The first-order chi connectivity index (χ1) is 20.3. The van der Waals surface area contributed by atoms with Crippen LogP contribution in [0.15, 0.2) is 35.8 Å². The van der Waals surface area contributed by atoms with Crippen molar-refractivity contribution in [1.82, 2.24) is 25.2 Å². The third-order valence-corrected chi connectivity index (χ3v) is 9.08. The SMILES string of the molecule is CNC(=O)c1sccc1Nc1nc(Nc2cc3c(cc2OC)C(C)(C)CCN3C(=O)CN2CCCC2)nc2[nH]ccc12. The molecule has 0 saturated carbocycles. The molecule has 0 spiro atoms. The third kappa shape index (κ3) is 5.27. The van der Waals surface area contributed by atoms with Gasteiger partial charge in [0.25, 0.3) is 5.91 Å². The maximum atomic E-state index is 13.5. The molecule has 12 heteroatoms. The number of aromatic nitrogens is 3. The predicted octanol–water partition coefficient (Wildman–Crippen LogP) is 4.98. The molecule has 1 saturated heterocycles. The zero-order chi connectivity index (χ0) is 29.4. The van der Waals surface area contributed by atoms with Crippen molar-refractivity contribution in [3.8, 4) is 5.75 Å². The summed E-state index contributed by atoms with van der Waals surface area (Å²) < 4.78 is 5.83. The summed E-state index contributed by atoms with van der Waals surface area (Å²) in [4.78, 5) is 43.3. The van der Waals surface area contributed by atoms with Crippen molar-refractivity contribution in [3.05, 3.63) is 46.3 Å². The van der Waals surface area contributed by atoms with E-state index < -0.39 is 0 Å². The summed E-state index contributed by atoms with van der Waals surface area (Å²) in [6, 6.07) is 7.75. The van der Waals surface area contributed by atoms with Crippen molar-refractivity contribution >= 4 is 63.0 Å². The molecule has 2 amide bonds. The Bertz CT molecular complexity index is 1640. The number of ether oxygens (including phenoxy) is 1. The number of amides is 2. The van der Waals surface area contributed by atoms with Crippen LogP contribution in [0.1, 0.15) is 48.3 Å². The summed E-state index contributed by atoms with van der Waals surface area (Å²) >= 11 is 1.35. The van der Waals surface area contributed by atoms with Gasteiger partial charge in [-0.05, 0) is 73.0 Å². The quantitative estimate of drug-likeness (QED) is 0.227. The fourth-order valence-corrected chi connectivity index (χ4v) is 6.56. The van der Waals surface area contributed by atoms with E-state index in [0.29, 0.717) is 52.5 Å². The normalized spacial score (nSPS) is 16.3. The van der Waals surface area contributed by atoms with E-state index in [2.05, 4.69) is 39.7 Å². The minimum atomic E-state index is -0.171. The number of carbonyl (C=O) groups excluding carboxylic acids is 2. The first-order valence-corrected chi connectivity index (χ1v) is 15.1. The second kappa shape index (κ2) is 11.3. The minimum absolute atomic E-state index is 0.114. The molecule has 42 heavy (non-hydrogen) atoms. The Balaban J connectivity index is 1.36. The van der Waals surface area contributed by atoms with Crippen LogP contribution in [0.25, 0.3) is 11.0 Å². The molecule has 4 N–H and O–H groups in total. The van der Waals surface area contributed by atoms with E-state index in [-0.39, 0.29) is 17.2 Å². The van der Waals surface area contributed by atoms with Crippen molar-refractivity contribution in [3.63, 3.8) is 0 Å². The summed E-state index contributed by atoms with van der Waals surface area (Å²) in [6.07, 6.45) is 4.95. The molecule has 4 aromatic rings. The summed E-state index contributed by atoms with van der Waals surface area (Å²) in [7, 11) is 3.25. The molecule has 11 nitrogen and oxygen atoms in total. The van der Waals surface area contributed by atoms with Gasteiger partial charge in [-0.1, -0.05) is 13.8 Å². The van der Waals surface area contributed by atoms with E-state index >= 15 is 0 Å². The van der Waals surface area contributed by atoms with Crippen LogP contribution < -0.4 is 25.6 Å². The fourth-order valence-electron chi connectivity index (χ4n) is 5.76. The highest BCUT2D eigenvalue weighted by Crippen LogP contribution is 2.45. The lowest BCUT2D eigenvalue weighted by atomic mass is 9.77. The predicted molar refractivity (Wildman–Crippen MR) is 167 cm³/mol. The lowest BCUT2D eigenvalue weighted by Crippen LogP contribution is -2.45. The number of nitrogens with zero attached hydrogens (tertiary/aromatic N) is 4. The summed E-state index contributed by atoms with van der Waals surface area (Å²) in [5, 5.41) is 12.0. The molecule has 0 atom stereocenters. The highest BCUT2D eigenvalue weighted by molar-refractivity contribution is 7.12. The van der Waals surface area contributed by atoms with E-state index in [1.165, 1.54) is 11.3 Å². The van der Waals surface area contributed by atoms with Crippen LogP contribution >= 0.6 is 11.3 Å². The molecule has 220 valence electrons. The number of carbonyl (C=O) groups is 2. The van der Waals surface area contributed by atoms with E-state index in [1.807, 2.05) is 34.5 Å². The van der Waals surface area contributed by atoms with Crippen LogP contribution in [0.5, 0.6) is 5.75 Å². The zero-order valence-corrected chi connectivity index (χ0v) is 25.2. The van der Waals surface area contributed by atoms with Gasteiger partial charge in [0, 0.05) is 25.5 Å². The van der Waals surface area contributed by atoms with Crippen molar-refractivity contribution in [2.75, 3.05) is 55.9 Å². The van der Waals surface area contributed by atoms with Crippen LogP contribution in [0, 0.1) is 0 Å². The second-order valence-electron chi connectivity index (χ2n) is 11.4. The van der Waals surface area contributed by atoms with Gasteiger partial charge >= 0.3 is 0 Å². The molecular formula is C30H36N8O3S. The average molecular weight is 589 g/mol. The first-order valence-electron chi connectivity index (χ1n) is 14.2. The number of hydrogen-bond donors (Lipinski definition) is 4. The number of aromatic amines is 1. The van der Waals surface area contributed by atoms with Crippen LogP contribution in [-0.4, -0.2) is 72.0 Å². The number of thiophene rings is 1. The summed E-state index contributed by atoms with van der Waals surface area (Å²) in [5.41, 5.74) is 3.79. The number of anilines is 5. The molecule has 6 rings (SSSR count). The molecule has 2 aliphatic heterocycles. The largest absolute Gasteiger partial charge is 0.495 e. The van der Waals surface area contributed by atoms with Crippen LogP contribution in [0.2, 0.25) is 0 Å². The third-order valence-electron chi connectivity index (χ3n) is 8.17. The van der Waals surface area contributed by atoms with E-state index in [9.17, 15) is 9.59 Å². The van der Waals surface area contributed by atoms with Gasteiger partial charge in [0.15, 0.2) is 0 Å². The monoisotopic (exact) mass is 588 g/mol. The standard InChI is InChI=1S/C30H36N8O3S/c1-30(2)9-13-38(24(39)17-37-11-5-6-12-37)22-16-21(23(41-4)15-19(22)30)34-29-35-26-18(7-10-32-26)27(36-29)33-20-8-14-42-25(20)28(40)31-3/h7-8,10,14-16H,5-6,9,11-13,17H2,1-4H3,(H,31,40)(H3,32,33,34,35,36). The lowest BCUT2D eigenvalue weighted by Gasteiger charge is -2.40. The van der Waals surface area contributed by atoms with Gasteiger partial charge < -0.3 is 30.6 Å². The Hall–Kier alpha value is -4.16. The van der Waals surface area contributed by atoms with E-state index in [1.54, 1.807) is 20.4 Å². The number of benzene rings is 1. The second-order valence-corrected chi connectivity index (χ2v) is 12.3. The number of nitrogens with one attached hydrogen (secondary N) is 4. The number of hydrogen-bond acceptors (Lipinski definition) is 9. The number of methoxy groups -OCH3 is 1. The van der Waals surface area contributed by atoms with E-state index in [0.717, 1.165) is 49.0 Å². The molecule has 0 unspecified atom stereocenters. The van der Waals surface area contributed by atoms with Gasteiger partial charge in [0.1, 0.15) is 22.1 Å². The van der Waals surface area contributed by atoms with Gasteiger partial charge in [0.2, 0.25) is 11.9 Å². The molecule has 0 bridgehead atoms.